The van der Waals surface area contributed by atoms with Crippen molar-refractivity contribution in [2.45, 2.75) is 45.8 Å². The van der Waals surface area contributed by atoms with Crippen LogP contribution < -0.4 is 5.32 Å². The summed E-state index contributed by atoms with van der Waals surface area (Å²) in [6, 6.07) is 4.03. The van der Waals surface area contributed by atoms with Crippen LogP contribution in [0.25, 0.3) is 0 Å². The normalized spacial score (nSPS) is 20.2. The van der Waals surface area contributed by atoms with E-state index in [0.29, 0.717) is 18.5 Å². The lowest BCUT2D eigenvalue weighted by molar-refractivity contribution is -0.158. The second kappa shape index (κ2) is 4.82. The lowest BCUT2D eigenvalue weighted by atomic mass is 9.85. The van der Waals surface area contributed by atoms with Gasteiger partial charge in [0.2, 0.25) is 0 Å². The molecule has 0 aliphatic carbocycles. The molecule has 106 valence electrons. The highest BCUT2D eigenvalue weighted by atomic mass is 19.4. The second-order valence-corrected chi connectivity index (χ2v) is 6.45. The van der Waals surface area contributed by atoms with Crippen molar-refractivity contribution in [1.82, 2.24) is 5.32 Å². The smallest absolute Gasteiger partial charge is 0.302 e. The van der Waals surface area contributed by atoms with E-state index in [2.05, 4.69) is 26.1 Å². The summed E-state index contributed by atoms with van der Waals surface area (Å²) in [4.78, 5) is 0. The van der Waals surface area contributed by atoms with E-state index in [1.54, 1.807) is 6.07 Å². The van der Waals surface area contributed by atoms with Crippen LogP contribution >= 0.6 is 0 Å². The predicted molar refractivity (Wildman–Crippen MR) is 70.1 cm³/mol. The molecule has 0 aromatic heterocycles. The van der Waals surface area contributed by atoms with Gasteiger partial charge >= 0.3 is 6.18 Å². The number of hydrogen-bond acceptors (Lipinski definition) is 1. The summed E-state index contributed by atoms with van der Waals surface area (Å²) in [7, 11) is 0. The van der Waals surface area contributed by atoms with Crippen molar-refractivity contribution in [3.8, 4) is 0 Å². The van der Waals surface area contributed by atoms with Gasteiger partial charge in [0.25, 0.3) is 0 Å². The third-order valence-electron chi connectivity index (χ3n) is 3.33. The number of alkyl halides is 3. The van der Waals surface area contributed by atoms with Crippen molar-refractivity contribution < 1.29 is 13.2 Å². The number of benzene rings is 1. The Labute approximate surface area is 112 Å². The molecule has 4 heteroatoms. The summed E-state index contributed by atoms with van der Waals surface area (Å²) in [5.41, 5.74) is 2.27. The van der Waals surface area contributed by atoms with Crippen LogP contribution in [-0.2, 0) is 12.8 Å². The van der Waals surface area contributed by atoms with Crippen LogP contribution in [0.2, 0.25) is 0 Å². The Bertz CT molecular complexity index is 457. The first-order valence-corrected chi connectivity index (χ1v) is 6.59. The molecule has 1 unspecified atom stereocenters. The topological polar surface area (TPSA) is 12.0 Å². The van der Waals surface area contributed by atoms with E-state index in [0.717, 1.165) is 17.5 Å². The molecule has 0 spiro atoms. The summed E-state index contributed by atoms with van der Waals surface area (Å²) >= 11 is 0. The van der Waals surface area contributed by atoms with Gasteiger partial charge in [-0.2, -0.15) is 13.2 Å². The van der Waals surface area contributed by atoms with E-state index in [1.807, 2.05) is 12.1 Å². The summed E-state index contributed by atoms with van der Waals surface area (Å²) in [6.45, 7) is 6.65. The van der Waals surface area contributed by atoms with Crippen molar-refractivity contribution >= 4 is 0 Å². The SMILES string of the molecule is CC(C)(C)Cc1ccc2c(c1)C(C(F)(F)F)NCC2. The fraction of sp³-hybridized carbons (Fsp3) is 0.600. The molecule has 0 amide bonds. The lowest BCUT2D eigenvalue weighted by Crippen LogP contribution is -2.39. The minimum atomic E-state index is -4.23. The van der Waals surface area contributed by atoms with Gasteiger partial charge in [0.1, 0.15) is 6.04 Å². The van der Waals surface area contributed by atoms with Gasteiger partial charge in [-0.3, -0.25) is 0 Å². The van der Waals surface area contributed by atoms with Crippen LogP contribution in [0.5, 0.6) is 0 Å². The Morgan fingerprint density at radius 3 is 2.47 bits per heavy atom. The van der Waals surface area contributed by atoms with Gasteiger partial charge in [0, 0.05) is 6.54 Å². The zero-order valence-corrected chi connectivity index (χ0v) is 11.6. The van der Waals surface area contributed by atoms with Crippen molar-refractivity contribution in [3.63, 3.8) is 0 Å². The zero-order chi connectivity index (χ0) is 14.3. The molecule has 1 aromatic carbocycles. The van der Waals surface area contributed by atoms with Crippen molar-refractivity contribution in [2.75, 3.05) is 6.54 Å². The predicted octanol–water partition coefficient (Wildman–Crippen LogP) is 4.02. The van der Waals surface area contributed by atoms with Gasteiger partial charge in [0.15, 0.2) is 0 Å². The average Bonchev–Trinajstić information content (AvgIpc) is 2.24. The second-order valence-electron chi connectivity index (χ2n) is 6.45. The molecule has 0 saturated heterocycles. The van der Waals surface area contributed by atoms with Crippen LogP contribution in [0.4, 0.5) is 13.2 Å². The highest BCUT2D eigenvalue weighted by Gasteiger charge is 2.42. The molecular formula is C15H20F3N. The maximum Gasteiger partial charge on any atom is 0.407 e. The van der Waals surface area contributed by atoms with E-state index in [4.69, 9.17) is 0 Å². The summed E-state index contributed by atoms with van der Waals surface area (Å²) in [6.07, 6.45) is -2.78. The van der Waals surface area contributed by atoms with E-state index in [-0.39, 0.29) is 5.41 Å². The van der Waals surface area contributed by atoms with Crippen LogP contribution in [-0.4, -0.2) is 12.7 Å². The Kier molecular flexibility index (Phi) is 3.65. The molecule has 1 aromatic rings. The summed E-state index contributed by atoms with van der Waals surface area (Å²) in [5, 5.41) is 2.58. The van der Waals surface area contributed by atoms with Gasteiger partial charge in [-0.15, -0.1) is 0 Å². The Morgan fingerprint density at radius 2 is 1.89 bits per heavy atom. The molecule has 1 N–H and O–H groups in total. The fourth-order valence-electron chi connectivity index (χ4n) is 2.62. The molecule has 0 bridgehead atoms. The minimum absolute atomic E-state index is 0.0735. The Morgan fingerprint density at radius 1 is 1.21 bits per heavy atom. The Balaban J connectivity index is 2.36. The first-order valence-electron chi connectivity index (χ1n) is 6.59. The van der Waals surface area contributed by atoms with E-state index < -0.39 is 12.2 Å². The minimum Gasteiger partial charge on any atom is -0.302 e. The first kappa shape index (κ1) is 14.4. The van der Waals surface area contributed by atoms with Crippen molar-refractivity contribution in [1.29, 1.82) is 0 Å². The van der Waals surface area contributed by atoms with Gasteiger partial charge in [-0.05, 0) is 34.9 Å². The molecule has 1 heterocycles. The van der Waals surface area contributed by atoms with Crippen LogP contribution in [0.3, 0.4) is 0 Å². The third-order valence-corrected chi connectivity index (χ3v) is 3.33. The molecule has 1 aliphatic heterocycles. The Hall–Kier alpha value is -1.03. The zero-order valence-electron chi connectivity index (χ0n) is 11.6. The first-order chi connectivity index (χ1) is 8.67. The molecule has 0 fully saturated rings. The highest BCUT2D eigenvalue weighted by Crippen LogP contribution is 2.37. The van der Waals surface area contributed by atoms with E-state index in [1.165, 1.54) is 0 Å². The molecule has 1 nitrogen and oxygen atoms in total. The largest absolute Gasteiger partial charge is 0.407 e. The van der Waals surface area contributed by atoms with E-state index >= 15 is 0 Å². The van der Waals surface area contributed by atoms with Crippen LogP contribution in [0, 0.1) is 5.41 Å². The molecule has 0 radical (unpaired) electrons. The maximum absolute atomic E-state index is 13.0. The third kappa shape index (κ3) is 3.50. The molecule has 0 saturated carbocycles. The molecule has 1 atom stereocenters. The maximum atomic E-state index is 13.0. The number of hydrogen-bond donors (Lipinski definition) is 1. The van der Waals surface area contributed by atoms with Crippen molar-refractivity contribution in [3.05, 3.63) is 34.9 Å². The van der Waals surface area contributed by atoms with Gasteiger partial charge < -0.3 is 5.32 Å². The standard InChI is InChI=1S/C15H20F3N/c1-14(2,3)9-10-4-5-11-6-7-19-13(12(11)8-10)15(16,17)18/h4-5,8,13,19H,6-7,9H2,1-3H3. The number of rotatable bonds is 1. The fourth-order valence-corrected chi connectivity index (χ4v) is 2.62. The van der Waals surface area contributed by atoms with Crippen LogP contribution in [0.15, 0.2) is 18.2 Å². The van der Waals surface area contributed by atoms with Gasteiger partial charge in [-0.25, -0.2) is 0 Å². The number of halogens is 3. The highest BCUT2D eigenvalue weighted by molar-refractivity contribution is 5.37. The van der Waals surface area contributed by atoms with Gasteiger partial charge in [-0.1, -0.05) is 39.0 Å². The average molecular weight is 271 g/mol. The monoisotopic (exact) mass is 271 g/mol. The van der Waals surface area contributed by atoms with Crippen molar-refractivity contribution in [2.24, 2.45) is 5.41 Å². The molecule has 2 rings (SSSR count). The lowest BCUT2D eigenvalue weighted by Gasteiger charge is -2.29. The van der Waals surface area contributed by atoms with Gasteiger partial charge in [0.05, 0.1) is 0 Å². The molecular weight excluding hydrogens is 251 g/mol. The molecule has 1 aliphatic rings. The quantitative estimate of drug-likeness (QED) is 0.813. The number of fused-ring (bicyclic) bond motifs is 1. The summed E-state index contributed by atoms with van der Waals surface area (Å²) in [5.74, 6) is 0. The van der Waals surface area contributed by atoms with Crippen LogP contribution in [0.1, 0.15) is 43.5 Å². The van der Waals surface area contributed by atoms with E-state index in [9.17, 15) is 13.2 Å². The molecule has 19 heavy (non-hydrogen) atoms. The summed E-state index contributed by atoms with van der Waals surface area (Å²) < 4.78 is 39.1. The number of nitrogens with one attached hydrogen (secondary N) is 1.